The van der Waals surface area contributed by atoms with Gasteiger partial charge in [-0.1, -0.05) is 20.3 Å². The average molecular weight is 315 g/mol. The Bertz CT molecular complexity index is 417. The summed E-state index contributed by atoms with van der Waals surface area (Å²) >= 11 is 0. The molecule has 0 radical (unpaired) electrons. The summed E-state index contributed by atoms with van der Waals surface area (Å²) in [5.74, 6) is -0.125. The fourth-order valence-corrected chi connectivity index (χ4v) is 2.41. The lowest BCUT2D eigenvalue weighted by atomic mass is 10.00. The SMILES string of the molecule is CCC(C)C[C@H]1OC[C@@](C)(C(=O)OC)N1C(=O)OC(C)(C)C. The van der Waals surface area contributed by atoms with E-state index >= 15 is 0 Å². The van der Waals surface area contributed by atoms with Gasteiger partial charge in [0.25, 0.3) is 0 Å². The Kier molecular flexibility index (Phi) is 5.84. The van der Waals surface area contributed by atoms with Gasteiger partial charge in [0.05, 0.1) is 13.7 Å². The Labute approximate surface area is 133 Å². The highest BCUT2D eigenvalue weighted by molar-refractivity contribution is 5.86. The number of rotatable bonds is 4. The largest absolute Gasteiger partial charge is 0.467 e. The molecule has 22 heavy (non-hydrogen) atoms. The van der Waals surface area contributed by atoms with Crippen LogP contribution < -0.4 is 0 Å². The molecular formula is C16H29NO5. The molecule has 6 heteroatoms. The van der Waals surface area contributed by atoms with E-state index in [1.54, 1.807) is 27.7 Å². The maximum Gasteiger partial charge on any atom is 0.413 e. The van der Waals surface area contributed by atoms with Gasteiger partial charge in [0.15, 0.2) is 5.54 Å². The van der Waals surface area contributed by atoms with Gasteiger partial charge in [0.1, 0.15) is 11.8 Å². The molecule has 1 rings (SSSR count). The van der Waals surface area contributed by atoms with E-state index in [9.17, 15) is 9.59 Å². The van der Waals surface area contributed by atoms with E-state index in [2.05, 4.69) is 13.8 Å². The lowest BCUT2D eigenvalue weighted by molar-refractivity contribution is -0.152. The summed E-state index contributed by atoms with van der Waals surface area (Å²) in [6.07, 6.45) is 0.597. The van der Waals surface area contributed by atoms with E-state index in [4.69, 9.17) is 14.2 Å². The minimum atomic E-state index is -1.16. The second-order valence-electron chi connectivity index (χ2n) is 7.13. The molecule has 1 unspecified atom stereocenters. The minimum absolute atomic E-state index is 0.111. The number of carbonyl (C=O) groups is 2. The zero-order chi connectivity index (χ0) is 17.1. The Morgan fingerprint density at radius 3 is 2.45 bits per heavy atom. The first-order chi connectivity index (χ1) is 10.0. The molecule has 0 bridgehead atoms. The molecule has 1 aliphatic rings. The Morgan fingerprint density at radius 1 is 1.41 bits per heavy atom. The van der Waals surface area contributed by atoms with E-state index < -0.39 is 29.4 Å². The normalized spacial score (nSPS) is 26.7. The van der Waals surface area contributed by atoms with Crippen molar-refractivity contribution in [3.05, 3.63) is 0 Å². The molecule has 0 saturated carbocycles. The first-order valence-electron chi connectivity index (χ1n) is 7.77. The molecule has 1 fully saturated rings. The summed E-state index contributed by atoms with van der Waals surface area (Å²) in [5, 5.41) is 0. The van der Waals surface area contributed by atoms with Gasteiger partial charge < -0.3 is 14.2 Å². The maximum atomic E-state index is 12.6. The topological polar surface area (TPSA) is 65.1 Å². The number of hydrogen-bond acceptors (Lipinski definition) is 5. The molecule has 1 saturated heterocycles. The summed E-state index contributed by atoms with van der Waals surface area (Å²) in [6, 6.07) is 0. The summed E-state index contributed by atoms with van der Waals surface area (Å²) < 4.78 is 16.1. The van der Waals surface area contributed by atoms with Crippen LogP contribution in [0.3, 0.4) is 0 Å². The van der Waals surface area contributed by atoms with Crippen LogP contribution in [0.4, 0.5) is 4.79 Å². The van der Waals surface area contributed by atoms with Crippen LogP contribution in [0.2, 0.25) is 0 Å². The molecule has 6 nitrogen and oxygen atoms in total. The van der Waals surface area contributed by atoms with Crippen molar-refractivity contribution < 1.29 is 23.8 Å². The average Bonchev–Trinajstić information content (AvgIpc) is 2.74. The molecule has 0 aromatic carbocycles. The van der Waals surface area contributed by atoms with Crippen LogP contribution in [0.1, 0.15) is 54.4 Å². The first kappa shape index (κ1) is 18.7. The van der Waals surface area contributed by atoms with Gasteiger partial charge in [0.2, 0.25) is 0 Å². The van der Waals surface area contributed by atoms with Crippen LogP contribution in [0.25, 0.3) is 0 Å². The zero-order valence-corrected chi connectivity index (χ0v) is 14.8. The van der Waals surface area contributed by atoms with Crippen LogP contribution in [0, 0.1) is 5.92 Å². The van der Waals surface area contributed by atoms with Crippen LogP contribution in [0.5, 0.6) is 0 Å². The van der Waals surface area contributed by atoms with Crippen LogP contribution in [0.15, 0.2) is 0 Å². The van der Waals surface area contributed by atoms with E-state index in [1.807, 2.05) is 0 Å². The van der Waals surface area contributed by atoms with Crippen LogP contribution in [-0.2, 0) is 19.0 Å². The van der Waals surface area contributed by atoms with Gasteiger partial charge in [-0.15, -0.1) is 0 Å². The van der Waals surface area contributed by atoms with E-state index in [-0.39, 0.29) is 6.61 Å². The highest BCUT2D eigenvalue weighted by atomic mass is 16.6. The van der Waals surface area contributed by atoms with Crippen LogP contribution >= 0.6 is 0 Å². The number of carbonyl (C=O) groups excluding carboxylic acids is 2. The molecular weight excluding hydrogens is 286 g/mol. The standard InChI is InChI=1S/C16H29NO5/c1-8-11(2)9-12-17(14(19)22-15(3,4)5)16(6,10-21-12)13(18)20-7/h11-12H,8-10H2,1-7H3/t11?,12-,16+/m1/s1. The lowest BCUT2D eigenvalue weighted by Crippen LogP contribution is -2.56. The summed E-state index contributed by atoms with van der Waals surface area (Å²) in [7, 11) is 1.31. The van der Waals surface area contributed by atoms with Gasteiger partial charge >= 0.3 is 12.1 Å². The minimum Gasteiger partial charge on any atom is -0.467 e. The number of ether oxygens (including phenoxy) is 3. The van der Waals surface area contributed by atoms with Crippen molar-refractivity contribution in [2.75, 3.05) is 13.7 Å². The predicted octanol–water partition coefficient (Wildman–Crippen LogP) is 2.95. The van der Waals surface area contributed by atoms with Gasteiger partial charge in [0, 0.05) is 0 Å². The highest BCUT2D eigenvalue weighted by Gasteiger charge is 2.54. The Morgan fingerprint density at radius 2 is 2.00 bits per heavy atom. The van der Waals surface area contributed by atoms with E-state index in [0.717, 1.165) is 6.42 Å². The maximum absolute atomic E-state index is 12.6. The first-order valence-corrected chi connectivity index (χ1v) is 7.77. The third-order valence-electron chi connectivity index (χ3n) is 3.89. The predicted molar refractivity (Wildman–Crippen MR) is 82.3 cm³/mol. The molecule has 128 valence electrons. The number of hydrogen-bond donors (Lipinski definition) is 0. The Balaban J connectivity index is 3.05. The molecule has 0 N–H and O–H groups in total. The molecule has 1 aliphatic heterocycles. The molecule has 1 amide bonds. The quantitative estimate of drug-likeness (QED) is 0.746. The summed E-state index contributed by atoms with van der Waals surface area (Å²) in [6.45, 7) is 11.3. The molecule has 3 atom stereocenters. The number of esters is 1. The van der Waals surface area contributed by atoms with E-state index in [1.165, 1.54) is 12.0 Å². The van der Waals surface area contributed by atoms with Crippen molar-refractivity contribution in [3.63, 3.8) is 0 Å². The monoisotopic (exact) mass is 315 g/mol. The van der Waals surface area contributed by atoms with Crippen molar-refractivity contribution in [2.24, 2.45) is 5.92 Å². The second kappa shape index (κ2) is 6.86. The van der Waals surface area contributed by atoms with Crippen molar-refractivity contribution in [1.29, 1.82) is 0 Å². The van der Waals surface area contributed by atoms with E-state index in [0.29, 0.717) is 12.3 Å². The summed E-state index contributed by atoms with van der Waals surface area (Å²) in [5.41, 5.74) is -1.80. The van der Waals surface area contributed by atoms with Gasteiger partial charge in [-0.3, -0.25) is 4.90 Å². The fraction of sp³-hybridized carbons (Fsp3) is 0.875. The van der Waals surface area contributed by atoms with Crippen molar-refractivity contribution >= 4 is 12.1 Å². The third kappa shape index (κ3) is 4.12. The molecule has 1 heterocycles. The fourth-order valence-electron chi connectivity index (χ4n) is 2.41. The number of amides is 1. The third-order valence-corrected chi connectivity index (χ3v) is 3.89. The second-order valence-corrected chi connectivity index (χ2v) is 7.13. The lowest BCUT2D eigenvalue weighted by Gasteiger charge is -2.35. The van der Waals surface area contributed by atoms with Gasteiger partial charge in [-0.25, -0.2) is 9.59 Å². The molecule has 0 aromatic heterocycles. The molecule has 0 aliphatic carbocycles. The highest BCUT2D eigenvalue weighted by Crippen LogP contribution is 2.33. The van der Waals surface area contributed by atoms with Crippen molar-refractivity contribution in [2.45, 2.75) is 71.8 Å². The number of nitrogens with zero attached hydrogens (tertiary/aromatic N) is 1. The smallest absolute Gasteiger partial charge is 0.413 e. The number of methoxy groups -OCH3 is 1. The molecule has 0 aromatic rings. The van der Waals surface area contributed by atoms with Crippen molar-refractivity contribution in [3.8, 4) is 0 Å². The zero-order valence-electron chi connectivity index (χ0n) is 14.8. The van der Waals surface area contributed by atoms with Gasteiger partial charge in [-0.2, -0.15) is 0 Å². The summed E-state index contributed by atoms with van der Waals surface area (Å²) in [4.78, 5) is 26.2. The van der Waals surface area contributed by atoms with Gasteiger partial charge in [-0.05, 0) is 40.0 Å². The van der Waals surface area contributed by atoms with Crippen molar-refractivity contribution in [1.82, 2.24) is 4.90 Å². The Hall–Kier alpha value is -1.30. The molecule has 0 spiro atoms. The van der Waals surface area contributed by atoms with Crippen LogP contribution in [-0.4, -0.2) is 48.0 Å².